The molecular weight excluding hydrogens is 1410 g/mol. The Kier molecular flexibility index (Phi) is 25.0. The fourth-order valence-electron chi connectivity index (χ4n) is 13.8. The standard InChI is InChI=1S/C31H39N7O3.C29H35N7O2.C23H24ClN5O2/c1-40-27-15-26(16-28(18-27)41-2)38(21-23-3-4-23)25-5-6-29-30(17-25)34-31(20-32-29)24-19-33-37(22-24)12-11-35-7-9-36(10-8-35)13-14-39;1-37-25-13-24(14-26(16-25)38-2)36(19-21-3-4-21)23-5-6-27-28(15-23)33-29(18-31-27)22-17-32-35(20-22)12-11-34-9-7-30-8-10-34;1-28-15-16(13-26-28)23-14-25-21-6-5-17(11-22(21)27-23)29(8-4-7-24)18-9-19(30-2)12-20(10-18)31-3/h5-6,15-20,22-23,39H,3-4,7-14,21H2,1-2H3;5-6,13-18,20-21,30H,3-4,7-12,19H2,1-2H3;5-6,9-15H,4,7-8H2,1-3H3. The van der Waals surface area contributed by atoms with Gasteiger partial charge in [0.15, 0.2) is 0 Å². The smallest absolute Gasteiger partial charge is 0.124 e. The lowest BCUT2D eigenvalue weighted by Gasteiger charge is -2.34. The maximum absolute atomic E-state index is 9.16. The number of hydrogen-bond acceptors (Lipinski definition) is 23. The van der Waals surface area contributed by atoms with E-state index in [1.165, 1.54) is 25.7 Å². The molecule has 26 nitrogen and oxygen atoms in total. The van der Waals surface area contributed by atoms with Crippen LogP contribution in [0.25, 0.3) is 66.9 Å². The van der Waals surface area contributed by atoms with Crippen molar-refractivity contribution in [2.75, 3.05) is 161 Å². The predicted molar refractivity (Wildman–Crippen MR) is 433 cm³/mol. The molecule has 4 aliphatic rings. The molecule has 4 fully saturated rings. The quantitative estimate of drug-likeness (QED) is 0.0398. The minimum absolute atomic E-state index is 0.227. The van der Waals surface area contributed by atoms with Crippen LogP contribution in [0.3, 0.4) is 0 Å². The molecule has 0 amide bonds. The van der Waals surface area contributed by atoms with Crippen LogP contribution in [-0.2, 0) is 20.1 Å². The number of β-amino-alcohol motifs (C(OH)–C–C–N with tert-alkyl or cyclic N) is 1. The fourth-order valence-corrected chi connectivity index (χ4v) is 13.9. The van der Waals surface area contributed by atoms with Crippen molar-refractivity contribution in [1.82, 2.24) is 79.3 Å². The number of methoxy groups -OCH3 is 6. The number of benzene rings is 6. The summed E-state index contributed by atoms with van der Waals surface area (Å²) in [5.41, 5.74) is 16.6. The maximum atomic E-state index is 9.16. The van der Waals surface area contributed by atoms with E-state index in [9.17, 15) is 0 Å². The van der Waals surface area contributed by atoms with Crippen LogP contribution in [0, 0.1) is 11.8 Å². The summed E-state index contributed by atoms with van der Waals surface area (Å²) >= 11 is 6.02. The van der Waals surface area contributed by atoms with Crippen molar-refractivity contribution >= 4 is 78.8 Å². The van der Waals surface area contributed by atoms with Crippen LogP contribution in [0.2, 0.25) is 0 Å². The van der Waals surface area contributed by atoms with E-state index in [-0.39, 0.29) is 6.61 Å². The number of nitrogens with one attached hydrogen (secondary N) is 1. The molecule has 6 aromatic carbocycles. The summed E-state index contributed by atoms with van der Waals surface area (Å²) in [5.74, 6) is 6.47. The molecule has 16 rings (SSSR count). The van der Waals surface area contributed by atoms with E-state index in [1.54, 1.807) is 59.7 Å². The number of alkyl halides is 1. The van der Waals surface area contributed by atoms with Gasteiger partial charge in [0.2, 0.25) is 0 Å². The first-order valence-electron chi connectivity index (χ1n) is 37.8. The van der Waals surface area contributed by atoms with Crippen LogP contribution in [0.4, 0.5) is 34.1 Å². The number of aryl methyl sites for hydroxylation is 1. The summed E-state index contributed by atoms with van der Waals surface area (Å²) in [6.07, 6.45) is 22.9. The van der Waals surface area contributed by atoms with Gasteiger partial charge in [-0.15, -0.1) is 11.6 Å². The number of piperazine rings is 2. The average Bonchev–Trinajstić information content (AvgIpc) is 1.76. The molecular formula is C83H98ClN19O7. The third kappa shape index (κ3) is 19.4. The van der Waals surface area contributed by atoms with Crippen molar-refractivity contribution < 1.29 is 33.5 Å². The highest BCUT2D eigenvalue weighted by Gasteiger charge is 2.29. The second-order valence-electron chi connectivity index (χ2n) is 28.2. The Balaban J connectivity index is 0.000000139. The lowest BCUT2D eigenvalue weighted by atomic mass is 10.1. The topological polar surface area (TPSA) is 238 Å². The van der Waals surface area contributed by atoms with E-state index < -0.39 is 0 Å². The van der Waals surface area contributed by atoms with E-state index in [4.69, 9.17) is 70.0 Å². The molecule has 0 spiro atoms. The van der Waals surface area contributed by atoms with Crippen molar-refractivity contribution in [3.8, 4) is 68.3 Å². The summed E-state index contributed by atoms with van der Waals surface area (Å²) in [6.45, 7) is 15.6. The van der Waals surface area contributed by atoms with E-state index in [1.807, 2.05) is 102 Å². The van der Waals surface area contributed by atoms with Gasteiger partial charge in [0.1, 0.15) is 34.5 Å². The number of aliphatic hydroxyl groups is 1. The van der Waals surface area contributed by atoms with Gasteiger partial charge in [0.25, 0.3) is 0 Å². The average molecular weight is 1510 g/mol. The number of nitrogens with zero attached hydrogens (tertiary/aromatic N) is 18. The summed E-state index contributed by atoms with van der Waals surface area (Å²) < 4.78 is 38.9. The Morgan fingerprint density at radius 1 is 0.409 bits per heavy atom. The third-order valence-electron chi connectivity index (χ3n) is 20.5. The first kappa shape index (κ1) is 76.0. The van der Waals surface area contributed by atoms with Gasteiger partial charge < -0.3 is 53.5 Å². The molecule has 110 heavy (non-hydrogen) atoms. The lowest BCUT2D eigenvalue weighted by molar-refractivity contribution is 0.109. The van der Waals surface area contributed by atoms with Gasteiger partial charge in [-0.25, -0.2) is 15.0 Å². The molecule has 2 aliphatic heterocycles. The lowest BCUT2D eigenvalue weighted by Crippen LogP contribution is -2.47. The molecule has 8 heterocycles. The molecule has 2 saturated carbocycles. The summed E-state index contributed by atoms with van der Waals surface area (Å²) in [7, 11) is 11.9. The zero-order valence-electron chi connectivity index (χ0n) is 63.8. The first-order chi connectivity index (χ1) is 53.9. The Hall–Kier alpha value is -10.7. The summed E-state index contributed by atoms with van der Waals surface area (Å²) in [6, 6.07) is 36.5. The third-order valence-corrected chi connectivity index (χ3v) is 20.8. The van der Waals surface area contributed by atoms with Crippen LogP contribution in [0.1, 0.15) is 32.1 Å². The summed E-state index contributed by atoms with van der Waals surface area (Å²) in [5, 5.41) is 26.0. The zero-order chi connectivity index (χ0) is 75.9. The van der Waals surface area contributed by atoms with Crippen LogP contribution in [0.5, 0.6) is 34.5 Å². The Morgan fingerprint density at radius 2 is 0.773 bits per heavy atom. The number of ether oxygens (including phenoxy) is 6. The van der Waals surface area contributed by atoms with Crippen molar-refractivity contribution in [3.05, 3.63) is 165 Å². The summed E-state index contributed by atoms with van der Waals surface area (Å²) in [4.78, 5) is 42.9. The number of rotatable bonds is 30. The molecule has 27 heteroatoms. The highest BCUT2D eigenvalue weighted by molar-refractivity contribution is 6.17. The molecule has 2 aliphatic carbocycles. The maximum Gasteiger partial charge on any atom is 0.124 e. The number of hydrogen-bond donors (Lipinski definition) is 2. The molecule has 12 aromatic rings. The molecule has 0 atom stereocenters. The monoisotopic (exact) mass is 1510 g/mol. The molecule has 0 radical (unpaired) electrons. The highest BCUT2D eigenvalue weighted by Crippen LogP contribution is 2.42. The van der Waals surface area contributed by atoms with Gasteiger partial charge in [-0.3, -0.25) is 43.7 Å². The number of anilines is 6. The van der Waals surface area contributed by atoms with Gasteiger partial charge in [-0.2, -0.15) is 15.3 Å². The normalized spacial score (nSPS) is 14.7. The Morgan fingerprint density at radius 3 is 1.14 bits per heavy atom. The van der Waals surface area contributed by atoms with Gasteiger partial charge >= 0.3 is 0 Å². The number of aromatic nitrogens is 12. The Bertz CT molecular complexity index is 4970. The van der Waals surface area contributed by atoms with Crippen LogP contribution >= 0.6 is 11.6 Å². The predicted octanol–water partition coefficient (Wildman–Crippen LogP) is 12.4. The first-order valence-corrected chi connectivity index (χ1v) is 38.4. The highest BCUT2D eigenvalue weighted by atomic mass is 35.5. The van der Waals surface area contributed by atoms with Gasteiger partial charge in [-0.05, 0) is 98.5 Å². The molecule has 2 saturated heterocycles. The van der Waals surface area contributed by atoms with E-state index in [0.29, 0.717) is 17.7 Å². The molecule has 0 bridgehead atoms. The van der Waals surface area contributed by atoms with Crippen molar-refractivity contribution in [2.24, 2.45) is 18.9 Å². The van der Waals surface area contributed by atoms with Gasteiger partial charge in [-0.1, -0.05) is 0 Å². The number of aliphatic hydroxyl groups excluding tert-OH is 1. The van der Waals surface area contributed by atoms with Crippen LogP contribution in [-0.4, -0.2) is 226 Å². The Labute approximate surface area is 647 Å². The van der Waals surface area contributed by atoms with E-state index >= 15 is 0 Å². The molecule has 574 valence electrons. The van der Waals surface area contributed by atoms with Gasteiger partial charge in [0.05, 0.1) is 150 Å². The van der Waals surface area contributed by atoms with Crippen molar-refractivity contribution in [1.29, 1.82) is 0 Å². The number of halogens is 1. The van der Waals surface area contributed by atoms with E-state index in [0.717, 1.165) is 247 Å². The van der Waals surface area contributed by atoms with Crippen LogP contribution < -0.4 is 48.4 Å². The minimum Gasteiger partial charge on any atom is -0.497 e. The zero-order valence-corrected chi connectivity index (χ0v) is 64.6. The number of fused-ring (bicyclic) bond motifs is 3. The van der Waals surface area contributed by atoms with Crippen LogP contribution in [0.15, 0.2) is 165 Å². The van der Waals surface area contributed by atoms with E-state index in [2.05, 4.69) is 122 Å². The van der Waals surface area contributed by atoms with Crippen molar-refractivity contribution in [2.45, 2.75) is 45.2 Å². The molecule has 6 aromatic heterocycles. The van der Waals surface area contributed by atoms with Gasteiger partial charge in [0, 0.05) is 229 Å². The molecule has 0 unspecified atom stereocenters. The molecule has 2 N–H and O–H groups in total. The largest absolute Gasteiger partial charge is 0.497 e. The minimum atomic E-state index is 0.227. The second-order valence-corrected chi connectivity index (χ2v) is 28.6. The second kappa shape index (κ2) is 36.2. The fraction of sp³-hybridized carbons (Fsp3) is 0.386. The SMILES string of the molecule is COc1cc(OC)cc(N(CC2CC2)c2ccc3ncc(-c4cnn(CCN5CCN(CCO)CC5)c4)nc3c2)c1.COc1cc(OC)cc(N(CC2CC2)c2ccc3ncc(-c4cnn(CCN5CCNCC5)c4)nc3c2)c1.COc1cc(OC)cc(N(CCCCl)c2ccc3ncc(-c4cnn(C)c4)nc3c2)c1. The van der Waals surface area contributed by atoms with Crippen molar-refractivity contribution in [3.63, 3.8) is 0 Å².